The van der Waals surface area contributed by atoms with Crippen LogP contribution in [0.15, 0.2) is 48.5 Å². The first-order valence-electron chi connectivity index (χ1n) is 19.8. The van der Waals surface area contributed by atoms with Gasteiger partial charge in [0.1, 0.15) is 11.8 Å². The maximum Gasteiger partial charge on any atom is 0.262 e. The SMILES string of the molecule is CC1(CN2CCN3c4cc(-c5ccccc5O)nnc4NCC3C2)CCN(CC2CCN(c3ccc4c(c3)C(=O)N(C3CCC(=O)NC3=O)C4=O)CC2)CC1. The molecular formula is C41H49N9O5. The van der Waals surface area contributed by atoms with Crippen LogP contribution in [0.25, 0.3) is 11.3 Å². The number of phenols is 1. The molecule has 4 fully saturated rings. The normalized spacial score (nSPS) is 24.6. The van der Waals surface area contributed by atoms with Crippen molar-refractivity contribution in [2.75, 3.05) is 80.6 Å². The summed E-state index contributed by atoms with van der Waals surface area (Å²) < 4.78 is 0. The predicted molar refractivity (Wildman–Crippen MR) is 207 cm³/mol. The van der Waals surface area contributed by atoms with Crippen molar-refractivity contribution in [1.82, 2.24) is 30.2 Å². The molecule has 6 aliphatic heterocycles. The third-order valence-electron chi connectivity index (χ3n) is 12.9. The minimum atomic E-state index is -0.954. The van der Waals surface area contributed by atoms with Gasteiger partial charge in [0, 0.05) is 70.0 Å². The summed E-state index contributed by atoms with van der Waals surface area (Å²) in [5.41, 5.74) is 4.31. The van der Waals surface area contributed by atoms with Gasteiger partial charge in [-0.05, 0) is 92.9 Å². The third kappa shape index (κ3) is 6.79. The fraction of sp³-hybridized carbons (Fsp3) is 0.512. The number of phenolic OH excluding ortho intramolecular Hbond substituents is 1. The molecule has 288 valence electrons. The molecule has 3 aromatic rings. The van der Waals surface area contributed by atoms with Gasteiger partial charge in [-0.3, -0.25) is 34.3 Å². The van der Waals surface area contributed by atoms with Crippen LogP contribution in [0.2, 0.25) is 0 Å². The zero-order chi connectivity index (χ0) is 37.8. The molecule has 14 heteroatoms. The Labute approximate surface area is 320 Å². The van der Waals surface area contributed by atoms with Gasteiger partial charge < -0.3 is 25.1 Å². The highest BCUT2D eigenvalue weighted by molar-refractivity contribution is 6.23. The van der Waals surface area contributed by atoms with E-state index in [0.29, 0.717) is 34.3 Å². The number of imide groups is 2. The van der Waals surface area contributed by atoms with E-state index in [-0.39, 0.29) is 29.9 Å². The summed E-state index contributed by atoms with van der Waals surface area (Å²) in [4.78, 5) is 61.7. The number of carbonyl (C=O) groups excluding carboxylic acids is 4. The lowest BCUT2D eigenvalue weighted by molar-refractivity contribution is -0.136. The standard InChI is InChI=1S/C41H49N9O5/c1-41(25-47-18-19-49-28(24-47)22-42-37-34(49)21-32(44-45-37)30-4-2-3-5-35(30)51)12-16-46(17-13-41)23-26-10-14-48(15-11-26)27-6-7-29-31(20-27)40(55)50(39(29)54)33-8-9-36(52)43-38(33)53/h2-7,20-21,26,28,33,51H,8-19,22-25H2,1H3,(H,42,45)(H,43,52,53). The lowest BCUT2D eigenvalue weighted by atomic mass is 9.79. The molecular weight excluding hydrogens is 699 g/mol. The fourth-order valence-electron chi connectivity index (χ4n) is 9.69. The molecule has 2 aromatic carbocycles. The number of anilines is 3. The van der Waals surface area contributed by atoms with E-state index < -0.39 is 23.8 Å². The number of aromatic hydroxyl groups is 1. The topological polar surface area (TPSA) is 155 Å². The number of piperazine rings is 1. The second-order valence-electron chi connectivity index (χ2n) is 16.7. The molecule has 6 aliphatic rings. The Kier molecular flexibility index (Phi) is 9.20. The highest BCUT2D eigenvalue weighted by Gasteiger charge is 2.45. The fourth-order valence-corrected chi connectivity index (χ4v) is 9.69. The van der Waals surface area contributed by atoms with Crippen LogP contribution < -0.4 is 20.4 Å². The molecule has 0 bridgehead atoms. The van der Waals surface area contributed by atoms with Crippen molar-refractivity contribution in [3.63, 3.8) is 0 Å². The van der Waals surface area contributed by atoms with Gasteiger partial charge in [-0.1, -0.05) is 19.1 Å². The van der Waals surface area contributed by atoms with E-state index in [9.17, 15) is 24.3 Å². The van der Waals surface area contributed by atoms with E-state index in [1.807, 2.05) is 24.3 Å². The van der Waals surface area contributed by atoms with Crippen LogP contribution in [0.5, 0.6) is 5.75 Å². The molecule has 0 spiro atoms. The number of likely N-dealkylation sites (tertiary alicyclic amines) is 1. The maximum atomic E-state index is 13.4. The number of benzene rings is 2. The highest BCUT2D eigenvalue weighted by Crippen LogP contribution is 2.39. The Morgan fingerprint density at radius 3 is 2.40 bits per heavy atom. The maximum absolute atomic E-state index is 13.4. The Balaban J connectivity index is 0.745. The highest BCUT2D eigenvalue weighted by atomic mass is 16.3. The summed E-state index contributed by atoms with van der Waals surface area (Å²) >= 11 is 0. The second kappa shape index (κ2) is 14.2. The minimum Gasteiger partial charge on any atom is -0.507 e. The molecule has 4 amide bonds. The van der Waals surface area contributed by atoms with Crippen molar-refractivity contribution in [1.29, 1.82) is 0 Å². The molecule has 0 radical (unpaired) electrons. The molecule has 1 aromatic heterocycles. The third-order valence-corrected chi connectivity index (χ3v) is 12.9. The Morgan fingerprint density at radius 1 is 0.836 bits per heavy atom. The van der Waals surface area contributed by atoms with E-state index >= 15 is 0 Å². The molecule has 4 saturated heterocycles. The zero-order valence-electron chi connectivity index (χ0n) is 31.4. The number of aromatic nitrogens is 2. The van der Waals surface area contributed by atoms with Crippen LogP contribution in [0.3, 0.4) is 0 Å². The second-order valence-corrected chi connectivity index (χ2v) is 16.7. The summed E-state index contributed by atoms with van der Waals surface area (Å²) in [7, 11) is 0. The van der Waals surface area contributed by atoms with Gasteiger partial charge in [0.2, 0.25) is 11.8 Å². The van der Waals surface area contributed by atoms with Crippen molar-refractivity contribution in [2.24, 2.45) is 11.3 Å². The average molecular weight is 748 g/mol. The van der Waals surface area contributed by atoms with Crippen LogP contribution in [-0.4, -0.2) is 131 Å². The first-order chi connectivity index (χ1) is 26.6. The smallest absolute Gasteiger partial charge is 0.262 e. The molecule has 0 saturated carbocycles. The summed E-state index contributed by atoms with van der Waals surface area (Å²) in [6.45, 7) is 12.5. The van der Waals surface area contributed by atoms with E-state index in [1.54, 1.807) is 18.2 Å². The number of carbonyl (C=O) groups is 4. The molecule has 0 aliphatic carbocycles. The summed E-state index contributed by atoms with van der Waals surface area (Å²) in [5, 5.41) is 25.1. The van der Waals surface area contributed by atoms with Gasteiger partial charge in [-0.25, -0.2) is 0 Å². The van der Waals surface area contributed by atoms with Gasteiger partial charge in [0.25, 0.3) is 11.8 Å². The van der Waals surface area contributed by atoms with Crippen LogP contribution in [0.4, 0.5) is 17.2 Å². The summed E-state index contributed by atoms with van der Waals surface area (Å²) in [6, 6.07) is 14.2. The van der Waals surface area contributed by atoms with Crippen molar-refractivity contribution in [2.45, 2.75) is 57.5 Å². The number of hydrogen-bond acceptors (Lipinski definition) is 12. The van der Waals surface area contributed by atoms with Gasteiger partial charge in [0.15, 0.2) is 5.82 Å². The number of rotatable bonds is 7. The molecule has 55 heavy (non-hydrogen) atoms. The van der Waals surface area contributed by atoms with Crippen molar-refractivity contribution in [3.8, 4) is 17.0 Å². The first-order valence-corrected chi connectivity index (χ1v) is 19.8. The number of para-hydroxylation sites is 1. The van der Waals surface area contributed by atoms with Crippen LogP contribution >= 0.6 is 0 Å². The number of fused-ring (bicyclic) bond motifs is 4. The first kappa shape index (κ1) is 35.6. The Morgan fingerprint density at radius 2 is 1.62 bits per heavy atom. The Hall–Kier alpha value is -5.08. The lowest BCUT2D eigenvalue weighted by Gasteiger charge is -2.49. The molecule has 2 unspecified atom stereocenters. The molecule has 2 atom stereocenters. The van der Waals surface area contributed by atoms with Gasteiger partial charge in [-0.2, -0.15) is 0 Å². The predicted octanol–water partition coefficient (Wildman–Crippen LogP) is 3.19. The van der Waals surface area contributed by atoms with Gasteiger partial charge in [0.05, 0.1) is 28.6 Å². The largest absolute Gasteiger partial charge is 0.507 e. The van der Waals surface area contributed by atoms with E-state index in [4.69, 9.17) is 0 Å². The van der Waals surface area contributed by atoms with Crippen molar-refractivity contribution < 1.29 is 24.3 Å². The van der Waals surface area contributed by atoms with Gasteiger partial charge in [-0.15, -0.1) is 10.2 Å². The monoisotopic (exact) mass is 747 g/mol. The van der Waals surface area contributed by atoms with Crippen LogP contribution in [0.1, 0.15) is 66.2 Å². The summed E-state index contributed by atoms with van der Waals surface area (Å²) in [6.07, 6.45) is 4.78. The van der Waals surface area contributed by atoms with E-state index in [0.717, 1.165) is 100 Å². The quantitative estimate of drug-likeness (QED) is 0.304. The summed E-state index contributed by atoms with van der Waals surface area (Å²) in [5.74, 6) is -0.259. The van der Waals surface area contributed by atoms with E-state index in [1.165, 1.54) is 12.8 Å². The minimum absolute atomic E-state index is 0.107. The van der Waals surface area contributed by atoms with Crippen molar-refractivity contribution >= 4 is 40.8 Å². The van der Waals surface area contributed by atoms with Crippen LogP contribution in [0, 0.1) is 11.3 Å². The zero-order valence-corrected chi connectivity index (χ0v) is 31.4. The molecule has 9 rings (SSSR count). The number of nitrogens with one attached hydrogen (secondary N) is 2. The number of amides is 4. The average Bonchev–Trinajstić information content (AvgIpc) is 3.43. The van der Waals surface area contributed by atoms with Gasteiger partial charge >= 0.3 is 0 Å². The van der Waals surface area contributed by atoms with E-state index in [2.05, 4.69) is 53.4 Å². The number of hydrogen-bond donors (Lipinski definition) is 3. The van der Waals surface area contributed by atoms with Crippen molar-refractivity contribution in [3.05, 3.63) is 59.7 Å². The molecule has 14 nitrogen and oxygen atoms in total. The van der Waals surface area contributed by atoms with Crippen LogP contribution in [-0.2, 0) is 9.59 Å². The molecule has 7 heterocycles. The number of nitrogens with zero attached hydrogens (tertiary/aromatic N) is 7. The number of piperidine rings is 3. The lowest BCUT2D eigenvalue weighted by Crippen LogP contribution is -2.59. The Bertz CT molecular complexity index is 2020. The molecule has 3 N–H and O–H groups in total.